The Morgan fingerprint density at radius 3 is 2.25 bits per heavy atom. The maximum Gasteiger partial charge on any atom is 0.221 e. The minimum absolute atomic E-state index is 0. The van der Waals surface area contributed by atoms with Crippen molar-refractivity contribution in [3.8, 4) is 0 Å². The SMILES string of the molecule is CNCCC(=O)NC1CCN(C2CCCC2)CC1.Cl.Cl. The Kier molecular flexibility index (Phi) is 10.6. The van der Waals surface area contributed by atoms with Crippen molar-refractivity contribution in [1.29, 1.82) is 0 Å². The fourth-order valence-electron chi connectivity index (χ4n) is 3.22. The van der Waals surface area contributed by atoms with Gasteiger partial charge >= 0.3 is 0 Å². The normalized spacial score (nSPS) is 21.1. The molecule has 0 radical (unpaired) electrons. The number of carbonyl (C=O) groups is 1. The lowest BCUT2D eigenvalue weighted by atomic mass is 10.0. The molecule has 6 heteroatoms. The molecule has 1 amide bonds. The Morgan fingerprint density at radius 1 is 1.10 bits per heavy atom. The van der Waals surface area contributed by atoms with Crippen molar-refractivity contribution in [2.75, 3.05) is 26.7 Å². The maximum absolute atomic E-state index is 11.6. The van der Waals surface area contributed by atoms with Crippen molar-refractivity contribution in [1.82, 2.24) is 15.5 Å². The summed E-state index contributed by atoms with van der Waals surface area (Å²) in [6.45, 7) is 3.11. The third kappa shape index (κ3) is 6.17. The standard InChI is InChI=1S/C14H27N3O.2ClH/c1-15-9-6-14(18)16-12-7-10-17(11-8-12)13-4-2-3-5-13;;/h12-13,15H,2-11H2,1H3,(H,16,18);2*1H. The first kappa shape index (κ1) is 20.0. The summed E-state index contributed by atoms with van der Waals surface area (Å²) in [6, 6.07) is 1.25. The third-order valence-corrected chi connectivity index (χ3v) is 4.34. The monoisotopic (exact) mass is 325 g/mol. The molecule has 0 spiro atoms. The zero-order valence-electron chi connectivity index (χ0n) is 12.4. The van der Waals surface area contributed by atoms with E-state index in [0.717, 1.165) is 25.4 Å². The zero-order valence-corrected chi connectivity index (χ0v) is 14.0. The van der Waals surface area contributed by atoms with Crippen LogP contribution in [-0.4, -0.2) is 49.6 Å². The van der Waals surface area contributed by atoms with Crippen LogP contribution >= 0.6 is 24.8 Å². The minimum Gasteiger partial charge on any atom is -0.353 e. The summed E-state index contributed by atoms with van der Waals surface area (Å²) in [5.41, 5.74) is 0. The molecule has 0 atom stereocenters. The Bertz CT molecular complexity index is 265. The van der Waals surface area contributed by atoms with Gasteiger partial charge in [-0.25, -0.2) is 0 Å². The average Bonchev–Trinajstić information content (AvgIpc) is 2.91. The molecule has 1 aliphatic heterocycles. The third-order valence-electron chi connectivity index (χ3n) is 4.34. The largest absolute Gasteiger partial charge is 0.353 e. The number of halogens is 2. The Labute approximate surface area is 135 Å². The van der Waals surface area contributed by atoms with Crippen LogP contribution in [0, 0.1) is 0 Å². The lowest BCUT2D eigenvalue weighted by molar-refractivity contribution is -0.122. The van der Waals surface area contributed by atoms with E-state index in [1.807, 2.05) is 7.05 Å². The van der Waals surface area contributed by atoms with Crippen molar-refractivity contribution in [2.24, 2.45) is 0 Å². The van der Waals surface area contributed by atoms with Crippen LogP contribution in [0.4, 0.5) is 0 Å². The summed E-state index contributed by atoms with van der Waals surface area (Å²) < 4.78 is 0. The molecule has 1 aliphatic carbocycles. The van der Waals surface area contributed by atoms with E-state index >= 15 is 0 Å². The number of carbonyl (C=O) groups excluding carboxylic acids is 1. The second kappa shape index (κ2) is 10.7. The molecule has 1 heterocycles. The fraction of sp³-hybridized carbons (Fsp3) is 0.929. The van der Waals surface area contributed by atoms with Crippen molar-refractivity contribution in [2.45, 2.75) is 57.0 Å². The second-order valence-corrected chi connectivity index (χ2v) is 5.67. The molecule has 1 saturated heterocycles. The van der Waals surface area contributed by atoms with Gasteiger partial charge in [-0.05, 0) is 32.7 Å². The minimum atomic E-state index is 0. The summed E-state index contributed by atoms with van der Waals surface area (Å²) in [7, 11) is 1.88. The first-order valence-corrected chi connectivity index (χ1v) is 7.47. The predicted molar refractivity (Wildman–Crippen MR) is 88.0 cm³/mol. The number of nitrogens with zero attached hydrogens (tertiary/aromatic N) is 1. The molecular weight excluding hydrogens is 297 g/mol. The quantitative estimate of drug-likeness (QED) is 0.812. The molecule has 2 rings (SSSR count). The summed E-state index contributed by atoms with van der Waals surface area (Å²) in [5, 5.41) is 6.17. The zero-order chi connectivity index (χ0) is 12.8. The van der Waals surface area contributed by atoms with Crippen molar-refractivity contribution in [3.63, 3.8) is 0 Å². The van der Waals surface area contributed by atoms with Crippen LogP contribution in [0.3, 0.4) is 0 Å². The molecule has 120 valence electrons. The van der Waals surface area contributed by atoms with E-state index in [1.54, 1.807) is 0 Å². The van der Waals surface area contributed by atoms with Gasteiger partial charge in [0, 0.05) is 38.1 Å². The van der Waals surface area contributed by atoms with Gasteiger partial charge in [-0.1, -0.05) is 12.8 Å². The lowest BCUT2D eigenvalue weighted by Gasteiger charge is -2.36. The van der Waals surface area contributed by atoms with Crippen molar-refractivity contribution < 1.29 is 4.79 Å². The molecule has 4 nitrogen and oxygen atoms in total. The number of hydrogen-bond donors (Lipinski definition) is 2. The Hall–Kier alpha value is -0.0300. The van der Waals surface area contributed by atoms with Gasteiger partial charge in [0.1, 0.15) is 0 Å². The van der Waals surface area contributed by atoms with Gasteiger partial charge in [0.2, 0.25) is 5.91 Å². The van der Waals surface area contributed by atoms with E-state index in [4.69, 9.17) is 0 Å². The molecule has 1 saturated carbocycles. The van der Waals surface area contributed by atoms with Crippen molar-refractivity contribution >= 4 is 30.7 Å². The van der Waals surface area contributed by atoms with Crippen LogP contribution in [0.2, 0.25) is 0 Å². The van der Waals surface area contributed by atoms with Crippen LogP contribution in [0.25, 0.3) is 0 Å². The van der Waals surface area contributed by atoms with Crippen molar-refractivity contribution in [3.05, 3.63) is 0 Å². The maximum atomic E-state index is 11.6. The van der Waals surface area contributed by atoms with Crippen LogP contribution in [-0.2, 0) is 4.79 Å². The molecule has 0 unspecified atom stereocenters. The summed E-state index contributed by atoms with van der Waals surface area (Å²) in [5.74, 6) is 0.198. The fourth-order valence-corrected chi connectivity index (χ4v) is 3.22. The van der Waals surface area contributed by atoms with E-state index < -0.39 is 0 Å². The van der Waals surface area contributed by atoms with E-state index in [0.29, 0.717) is 12.5 Å². The highest BCUT2D eigenvalue weighted by atomic mass is 35.5. The molecule has 2 aliphatic rings. The van der Waals surface area contributed by atoms with Crippen LogP contribution in [0.15, 0.2) is 0 Å². The molecular formula is C14H29Cl2N3O. The highest BCUT2D eigenvalue weighted by Gasteiger charge is 2.27. The van der Waals surface area contributed by atoms with Crippen LogP contribution in [0.1, 0.15) is 44.9 Å². The number of likely N-dealkylation sites (tertiary alicyclic amines) is 1. The number of amides is 1. The van der Waals surface area contributed by atoms with Gasteiger partial charge in [0.25, 0.3) is 0 Å². The first-order valence-electron chi connectivity index (χ1n) is 7.47. The molecule has 0 aromatic heterocycles. The molecule has 0 aromatic rings. The van der Waals surface area contributed by atoms with E-state index in [-0.39, 0.29) is 30.7 Å². The smallest absolute Gasteiger partial charge is 0.221 e. The van der Waals surface area contributed by atoms with Gasteiger partial charge in [-0.2, -0.15) is 0 Å². The number of hydrogen-bond acceptors (Lipinski definition) is 3. The van der Waals surface area contributed by atoms with Crippen LogP contribution in [0.5, 0.6) is 0 Å². The first-order chi connectivity index (χ1) is 8.79. The topological polar surface area (TPSA) is 44.4 Å². The highest BCUT2D eigenvalue weighted by molar-refractivity contribution is 5.85. The lowest BCUT2D eigenvalue weighted by Crippen LogP contribution is -2.47. The summed E-state index contributed by atoms with van der Waals surface area (Å²) >= 11 is 0. The van der Waals surface area contributed by atoms with E-state index in [9.17, 15) is 4.79 Å². The van der Waals surface area contributed by atoms with Gasteiger partial charge in [0.15, 0.2) is 0 Å². The van der Waals surface area contributed by atoms with E-state index in [1.165, 1.54) is 38.8 Å². The van der Waals surface area contributed by atoms with Crippen LogP contribution < -0.4 is 10.6 Å². The average molecular weight is 326 g/mol. The number of rotatable bonds is 5. The van der Waals surface area contributed by atoms with Gasteiger partial charge in [0.05, 0.1) is 0 Å². The molecule has 0 aromatic carbocycles. The predicted octanol–water partition coefficient (Wildman–Crippen LogP) is 1.96. The van der Waals surface area contributed by atoms with Gasteiger partial charge < -0.3 is 15.5 Å². The van der Waals surface area contributed by atoms with Gasteiger partial charge in [-0.15, -0.1) is 24.8 Å². The summed E-state index contributed by atoms with van der Waals surface area (Å²) in [6.07, 6.45) is 8.44. The Balaban J connectivity index is 0.00000180. The molecule has 2 N–H and O–H groups in total. The number of piperidine rings is 1. The van der Waals surface area contributed by atoms with Gasteiger partial charge in [-0.3, -0.25) is 4.79 Å². The molecule has 2 fully saturated rings. The number of nitrogens with one attached hydrogen (secondary N) is 2. The highest BCUT2D eigenvalue weighted by Crippen LogP contribution is 2.26. The molecule has 0 bridgehead atoms. The summed E-state index contributed by atoms with van der Waals surface area (Å²) in [4.78, 5) is 14.3. The second-order valence-electron chi connectivity index (χ2n) is 5.67. The Morgan fingerprint density at radius 2 is 1.70 bits per heavy atom. The molecule has 20 heavy (non-hydrogen) atoms. The van der Waals surface area contributed by atoms with E-state index in [2.05, 4.69) is 15.5 Å².